The van der Waals surface area contributed by atoms with E-state index in [4.69, 9.17) is 0 Å². The number of carbonyl (C=O) groups excluding carboxylic acids is 1. The molecule has 0 N–H and O–H groups in total. The molecule has 0 atom stereocenters. The molecule has 0 aliphatic carbocycles. The molecular weight excluding hydrogens is 138 g/mol. The second-order valence-electron chi connectivity index (χ2n) is 2.55. The van der Waals surface area contributed by atoms with Crippen molar-refractivity contribution in [1.82, 2.24) is 4.90 Å². The number of amides is 1. The SMILES string of the molecule is [CH2]CC#CC(=O)N1CCCC1. The fourth-order valence-electron chi connectivity index (χ4n) is 1.14. The Balaban J connectivity index is 2.40. The summed E-state index contributed by atoms with van der Waals surface area (Å²) < 4.78 is 0. The van der Waals surface area contributed by atoms with E-state index in [-0.39, 0.29) is 5.91 Å². The Kier molecular flexibility index (Phi) is 2.97. The van der Waals surface area contributed by atoms with Crippen molar-refractivity contribution in [2.45, 2.75) is 19.3 Å². The molecule has 1 rings (SSSR count). The third-order valence-electron chi connectivity index (χ3n) is 1.71. The molecule has 1 heterocycles. The van der Waals surface area contributed by atoms with Gasteiger partial charge in [0.05, 0.1) is 0 Å². The number of nitrogens with zero attached hydrogens (tertiary/aromatic N) is 1. The van der Waals surface area contributed by atoms with E-state index in [1.165, 1.54) is 0 Å². The molecule has 1 fully saturated rings. The van der Waals surface area contributed by atoms with E-state index >= 15 is 0 Å². The molecule has 1 amide bonds. The quantitative estimate of drug-likeness (QED) is 0.468. The van der Waals surface area contributed by atoms with Crippen LogP contribution >= 0.6 is 0 Å². The molecule has 0 aromatic carbocycles. The minimum absolute atomic E-state index is 0.0360. The smallest absolute Gasteiger partial charge is 0.298 e. The Morgan fingerprint density at radius 2 is 2.09 bits per heavy atom. The van der Waals surface area contributed by atoms with Crippen LogP contribution in [0.25, 0.3) is 0 Å². The maximum atomic E-state index is 11.1. The van der Waals surface area contributed by atoms with Crippen LogP contribution in [-0.4, -0.2) is 23.9 Å². The average molecular weight is 150 g/mol. The molecule has 1 aliphatic heterocycles. The van der Waals surface area contributed by atoms with Gasteiger partial charge in [-0.1, -0.05) is 5.92 Å². The normalized spacial score (nSPS) is 15.9. The van der Waals surface area contributed by atoms with Crippen molar-refractivity contribution >= 4 is 5.91 Å². The zero-order chi connectivity index (χ0) is 8.10. The summed E-state index contributed by atoms with van der Waals surface area (Å²) in [6, 6.07) is 0. The van der Waals surface area contributed by atoms with E-state index < -0.39 is 0 Å². The van der Waals surface area contributed by atoms with E-state index in [1.807, 2.05) is 0 Å². The van der Waals surface area contributed by atoms with Gasteiger partial charge in [-0.2, -0.15) is 0 Å². The Hall–Kier alpha value is -0.970. The van der Waals surface area contributed by atoms with E-state index in [9.17, 15) is 4.79 Å². The molecule has 0 saturated carbocycles. The Labute approximate surface area is 67.6 Å². The lowest BCUT2D eigenvalue weighted by atomic mass is 10.4. The van der Waals surface area contributed by atoms with Gasteiger partial charge in [0.2, 0.25) is 0 Å². The highest BCUT2D eigenvalue weighted by Crippen LogP contribution is 2.06. The number of likely N-dealkylation sites (tertiary alicyclic amines) is 1. The van der Waals surface area contributed by atoms with Gasteiger partial charge in [0.1, 0.15) is 0 Å². The van der Waals surface area contributed by atoms with Crippen LogP contribution in [0.15, 0.2) is 0 Å². The summed E-state index contributed by atoms with van der Waals surface area (Å²) in [5.74, 6) is 5.19. The average Bonchev–Trinajstić information content (AvgIpc) is 2.52. The molecule has 11 heavy (non-hydrogen) atoms. The summed E-state index contributed by atoms with van der Waals surface area (Å²) in [6.07, 6.45) is 2.76. The molecular formula is C9H12NO. The first kappa shape index (κ1) is 8.13. The summed E-state index contributed by atoms with van der Waals surface area (Å²) in [6.45, 7) is 5.30. The van der Waals surface area contributed by atoms with Crippen molar-refractivity contribution in [1.29, 1.82) is 0 Å². The van der Waals surface area contributed by atoms with E-state index in [1.54, 1.807) is 4.90 Å². The highest BCUT2D eigenvalue weighted by Gasteiger charge is 2.15. The molecule has 0 aromatic heterocycles. The predicted molar refractivity (Wildman–Crippen MR) is 43.6 cm³/mol. The Bertz CT molecular complexity index is 193. The largest absolute Gasteiger partial charge is 0.332 e. The zero-order valence-corrected chi connectivity index (χ0v) is 6.60. The summed E-state index contributed by atoms with van der Waals surface area (Å²) in [4.78, 5) is 12.9. The maximum Gasteiger partial charge on any atom is 0.298 e. The minimum Gasteiger partial charge on any atom is -0.332 e. The first-order valence-corrected chi connectivity index (χ1v) is 3.91. The molecule has 1 saturated heterocycles. The standard InChI is InChI=1S/C9H12NO/c1-2-3-6-9(11)10-7-4-5-8-10/h1-2,4-5,7-8H2. The summed E-state index contributed by atoms with van der Waals surface area (Å²) in [5.41, 5.74) is 0. The number of hydrogen-bond acceptors (Lipinski definition) is 1. The van der Waals surface area contributed by atoms with E-state index in [2.05, 4.69) is 18.8 Å². The van der Waals surface area contributed by atoms with Gasteiger partial charge in [0.25, 0.3) is 5.91 Å². The monoisotopic (exact) mass is 150 g/mol. The highest BCUT2D eigenvalue weighted by atomic mass is 16.2. The van der Waals surface area contributed by atoms with Crippen molar-refractivity contribution in [3.05, 3.63) is 6.92 Å². The Morgan fingerprint density at radius 1 is 1.45 bits per heavy atom. The van der Waals surface area contributed by atoms with E-state index in [0.29, 0.717) is 6.42 Å². The second-order valence-corrected chi connectivity index (χ2v) is 2.55. The highest BCUT2D eigenvalue weighted by molar-refractivity contribution is 5.93. The van der Waals surface area contributed by atoms with Crippen LogP contribution in [0, 0.1) is 18.8 Å². The van der Waals surface area contributed by atoms with Crippen LogP contribution in [0.2, 0.25) is 0 Å². The molecule has 0 bridgehead atoms. The molecule has 0 unspecified atom stereocenters. The fourth-order valence-corrected chi connectivity index (χ4v) is 1.14. The number of carbonyl (C=O) groups is 1. The van der Waals surface area contributed by atoms with Crippen LogP contribution in [-0.2, 0) is 4.79 Å². The predicted octanol–water partition coefficient (Wildman–Crippen LogP) is 0.836. The number of rotatable bonds is 0. The van der Waals surface area contributed by atoms with Gasteiger partial charge in [-0.3, -0.25) is 4.79 Å². The Morgan fingerprint density at radius 3 is 2.64 bits per heavy atom. The maximum absolute atomic E-state index is 11.1. The van der Waals surface area contributed by atoms with Crippen molar-refractivity contribution < 1.29 is 4.79 Å². The van der Waals surface area contributed by atoms with Gasteiger partial charge in [0, 0.05) is 19.5 Å². The second kappa shape index (κ2) is 4.02. The molecule has 0 aromatic rings. The molecule has 2 nitrogen and oxygen atoms in total. The van der Waals surface area contributed by atoms with Crippen LogP contribution in [0.5, 0.6) is 0 Å². The van der Waals surface area contributed by atoms with Gasteiger partial charge >= 0.3 is 0 Å². The first-order valence-electron chi connectivity index (χ1n) is 3.91. The zero-order valence-electron chi connectivity index (χ0n) is 6.60. The molecule has 59 valence electrons. The van der Waals surface area contributed by atoms with Crippen molar-refractivity contribution in [3.8, 4) is 11.8 Å². The lowest BCUT2D eigenvalue weighted by molar-refractivity contribution is -0.124. The first-order chi connectivity index (χ1) is 5.34. The van der Waals surface area contributed by atoms with Crippen LogP contribution < -0.4 is 0 Å². The van der Waals surface area contributed by atoms with Crippen LogP contribution in [0.3, 0.4) is 0 Å². The van der Waals surface area contributed by atoms with Gasteiger partial charge in [-0.15, -0.1) is 0 Å². The van der Waals surface area contributed by atoms with Crippen LogP contribution in [0.1, 0.15) is 19.3 Å². The molecule has 1 radical (unpaired) electrons. The topological polar surface area (TPSA) is 20.3 Å². The minimum atomic E-state index is -0.0360. The summed E-state index contributed by atoms with van der Waals surface area (Å²) in [5, 5.41) is 0. The summed E-state index contributed by atoms with van der Waals surface area (Å²) >= 11 is 0. The third-order valence-corrected chi connectivity index (χ3v) is 1.71. The van der Waals surface area contributed by atoms with Crippen molar-refractivity contribution in [2.75, 3.05) is 13.1 Å². The number of hydrogen-bond donors (Lipinski definition) is 0. The van der Waals surface area contributed by atoms with Gasteiger partial charge in [0.15, 0.2) is 0 Å². The van der Waals surface area contributed by atoms with Gasteiger partial charge in [-0.25, -0.2) is 0 Å². The molecule has 2 heteroatoms. The van der Waals surface area contributed by atoms with Gasteiger partial charge < -0.3 is 4.90 Å². The van der Waals surface area contributed by atoms with E-state index in [0.717, 1.165) is 25.9 Å². The lowest BCUT2D eigenvalue weighted by Crippen LogP contribution is -2.25. The summed E-state index contributed by atoms with van der Waals surface area (Å²) in [7, 11) is 0. The third kappa shape index (κ3) is 2.27. The molecule has 0 spiro atoms. The molecule has 1 aliphatic rings. The van der Waals surface area contributed by atoms with Gasteiger partial charge in [-0.05, 0) is 25.7 Å². The lowest BCUT2D eigenvalue weighted by Gasteiger charge is -2.09. The fraction of sp³-hybridized carbons (Fsp3) is 0.556. The van der Waals surface area contributed by atoms with Crippen molar-refractivity contribution in [2.24, 2.45) is 0 Å². The van der Waals surface area contributed by atoms with Crippen molar-refractivity contribution in [3.63, 3.8) is 0 Å². The van der Waals surface area contributed by atoms with Crippen LogP contribution in [0.4, 0.5) is 0 Å².